The van der Waals surface area contributed by atoms with Gasteiger partial charge in [0.25, 0.3) is 5.91 Å². The van der Waals surface area contributed by atoms with Gasteiger partial charge in [0.1, 0.15) is 18.1 Å². The van der Waals surface area contributed by atoms with Crippen molar-refractivity contribution in [2.75, 3.05) is 12.4 Å². The highest BCUT2D eigenvalue weighted by molar-refractivity contribution is 6.05. The molecule has 0 atom stereocenters. The lowest BCUT2D eigenvalue weighted by Gasteiger charge is -2.15. The lowest BCUT2D eigenvalue weighted by atomic mass is 10.1. The van der Waals surface area contributed by atoms with Crippen molar-refractivity contribution in [3.63, 3.8) is 0 Å². The molecule has 168 valence electrons. The Kier molecular flexibility index (Phi) is 6.22. The third kappa shape index (κ3) is 5.09. The lowest BCUT2D eigenvalue weighted by molar-refractivity contribution is -0.136. The number of methoxy groups -OCH3 is 1. The number of rotatable bonds is 6. The third-order valence-electron chi connectivity index (χ3n) is 5.14. The summed E-state index contributed by atoms with van der Waals surface area (Å²) in [4.78, 5) is 12.7. The SMILES string of the molecule is COc1ccc(C(=O)Nc2ccccc2C(F)(F)F)cc1COc1ccc2ccccc2c1. The van der Waals surface area contributed by atoms with Crippen LogP contribution in [0, 0.1) is 0 Å². The summed E-state index contributed by atoms with van der Waals surface area (Å²) in [5, 5.41) is 4.46. The van der Waals surface area contributed by atoms with Gasteiger partial charge in [-0.25, -0.2) is 0 Å². The van der Waals surface area contributed by atoms with Crippen LogP contribution in [-0.2, 0) is 12.8 Å². The summed E-state index contributed by atoms with van der Waals surface area (Å²) in [7, 11) is 1.49. The third-order valence-corrected chi connectivity index (χ3v) is 5.14. The fraction of sp³-hybridized carbons (Fsp3) is 0.115. The van der Waals surface area contributed by atoms with Gasteiger partial charge in [-0.1, -0.05) is 42.5 Å². The zero-order valence-corrected chi connectivity index (χ0v) is 17.6. The molecule has 0 aliphatic rings. The minimum atomic E-state index is -4.58. The van der Waals surface area contributed by atoms with E-state index in [2.05, 4.69) is 5.32 Å². The molecule has 0 bridgehead atoms. The first-order chi connectivity index (χ1) is 15.8. The monoisotopic (exact) mass is 451 g/mol. The maximum atomic E-state index is 13.2. The maximum Gasteiger partial charge on any atom is 0.418 e. The average Bonchev–Trinajstić information content (AvgIpc) is 2.82. The minimum Gasteiger partial charge on any atom is -0.496 e. The van der Waals surface area contributed by atoms with Crippen molar-refractivity contribution in [3.8, 4) is 11.5 Å². The van der Waals surface area contributed by atoms with Crippen LogP contribution in [0.2, 0.25) is 0 Å². The van der Waals surface area contributed by atoms with Crippen LogP contribution < -0.4 is 14.8 Å². The Morgan fingerprint density at radius 1 is 0.879 bits per heavy atom. The molecule has 0 unspecified atom stereocenters. The number of hydrogen-bond acceptors (Lipinski definition) is 3. The molecular formula is C26H20F3NO3. The molecule has 4 rings (SSSR count). The predicted molar refractivity (Wildman–Crippen MR) is 121 cm³/mol. The van der Waals surface area contributed by atoms with Crippen molar-refractivity contribution in [2.24, 2.45) is 0 Å². The molecule has 0 aromatic heterocycles. The van der Waals surface area contributed by atoms with E-state index in [4.69, 9.17) is 9.47 Å². The number of alkyl halides is 3. The standard InChI is InChI=1S/C26H20F3NO3/c1-32-24-13-11-19(25(31)30-23-9-5-4-8-22(23)26(27,28)29)14-20(24)16-33-21-12-10-17-6-2-3-7-18(17)15-21/h2-15H,16H2,1H3,(H,30,31). The van der Waals surface area contributed by atoms with Crippen LogP contribution >= 0.6 is 0 Å². The fourth-order valence-electron chi connectivity index (χ4n) is 3.48. The van der Waals surface area contributed by atoms with Gasteiger partial charge in [-0.05, 0) is 53.2 Å². The maximum absolute atomic E-state index is 13.2. The second-order valence-electron chi connectivity index (χ2n) is 7.32. The molecule has 0 saturated heterocycles. The summed E-state index contributed by atoms with van der Waals surface area (Å²) in [5.41, 5.74) is -0.446. The highest BCUT2D eigenvalue weighted by Gasteiger charge is 2.33. The number of carbonyl (C=O) groups is 1. The zero-order chi connectivity index (χ0) is 23.4. The molecule has 0 fully saturated rings. The molecule has 0 spiro atoms. The Bertz CT molecular complexity index is 1300. The zero-order valence-electron chi connectivity index (χ0n) is 17.6. The summed E-state index contributed by atoms with van der Waals surface area (Å²) in [6.45, 7) is 0.113. The largest absolute Gasteiger partial charge is 0.496 e. The number of hydrogen-bond donors (Lipinski definition) is 1. The average molecular weight is 451 g/mol. The number of anilines is 1. The molecular weight excluding hydrogens is 431 g/mol. The van der Waals surface area contributed by atoms with E-state index in [1.54, 1.807) is 12.1 Å². The molecule has 0 aliphatic carbocycles. The molecule has 7 heteroatoms. The minimum absolute atomic E-state index is 0.113. The molecule has 4 aromatic rings. The van der Waals surface area contributed by atoms with Crippen LogP contribution in [0.25, 0.3) is 10.8 Å². The van der Waals surface area contributed by atoms with E-state index in [-0.39, 0.29) is 17.9 Å². The predicted octanol–water partition coefficient (Wildman–Crippen LogP) is 6.70. The highest BCUT2D eigenvalue weighted by Crippen LogP contribution is 2.35. The highest BCUT2D eigenvalue weighted by atomic mass is 19.4. The van der Waals surface area contributed by atoms with Gasteiger partial charge in [0, 0.05) is 11.1 Å². The molecule has 1 N–H and O–H groups in total. The Balaban J connectivity index is 1.54. The van der Waals surface area contributed by atoms with Crippen LogP contribution in [0.5, 0.6) is 11.5 Å². The van der Waals surface area contributed by atoms with Gasteiger partial charge in [-0.15, -0.1) is 0 Å². The van der Waals surface area contributed by atoms with Crippen LogP contribution in [-0.4, -0.2) is 13.0 Å². The number of benzene rings is 4. The Morgan fingerprint density at radius 2 is 1.61 bits per heavy atom. The molecule has 0 heterocycles. The second kappa shape index (κ2) is 9.24. The number of amides is 1. The quantitative estimate of drug-likeness (QED) is 0.355. The van der Waals surface area contributed by atoms with Gasteiger partial charge in [-0.3, -0.25) is 4.79 Å². The van der Waals surface area contributed by atoms with Crippen LogP contribution in [0.1, 0.15) is 21.5 Å². The molecule has 4 aromatic carbocycles. The van der Waals surface area contributed by atoms with Gasteiger partial charge in [0.15, 0.2) is 0 Å². The van der Waals surface area contributed by atoms with E-state index in [9.17, 15) is 18.0 Å². The van der Waals surface area contributed by atoms with E-state index < -0.39 is 17.6 Å². The lowest BCUT2D eigenvalue weighted by Crippen LogP contribution is -2.17. The number of para-hydroxylation sites is 1. The first kappa shape index (κ1) is 22.2. The molecule has 4 nitrogen and oxygen atoms in total. The number of nitrogens with one attached hydrogen (secondary N) is 1. The first-order valence-corrected chi connectivity index (χ1v) is 10.1. The smallest absolute Gasteiger partial charge is 0.418 e. The van der Waals surface area contributed by atoms with E-state index in [0.717, 1.165) is 16.8 Å². The van der Waals surface area contributed by atoms with Gasteiger partial charge in [-0.2, -0.15) is 13.2 Å². The van der Waals surface area contributed by atoms with E-state index >= 15 is 0 Å². The first-order valence-electron chi connectivity index (χ1n) is 10.1. The van der Waals surface area contributed by atoms with Crippen molar-refractivity contribution in [1.29, 1.82) is 0 Å². The number of carbonyl (C=O) groups excluding carboxylic acids is 1. The van der Waals surface area contributed by atoms with Crippen LogP contribution in [0.4, 0.5) is 18.9 Å². The Labute approximate surface area is 188 Å². The fourth-order valence-corrected chi connectivity index (χ4v) is 3.48. The topological polar surface area (TPSA) is 47.6 Å². The van der Waals surface area contributed by atoms with E-state index in [1.807, 2.05) is 42.5 Å². The Morgan fingerprint density at radius 3 is 2.36 bits per heavy atom. The van der Waals surface area contributed by atoms with Gasteiger partial charge >= 0.3 is 6.18 Å². The summed E-state index contributed by atoms with van der Waals surface area (Å²) in [5.74, 6) is 0.481. The summed E-state index contributed by atoms with van der Waals surface area (Å²) in [6, 6.07) is 23.0. The Hall–Kier alpha value is -4.00. The summed E-state index contributed by atoms with van der Waals surface area (Å²) < 4.78 is 51.0. The molecule has 1 amide bonds. The van der Waals surface area contributed by atoms with Crippen molar-refractivity contribution in [2.45, 2.75) is 12.8 Å². The van der Waals surface area contributed by atoms with Crippen molar-refractivity contribution in [1.82, 2.24) is 0 Å². The van der Waals surface area contributed by atoms with Gasteiger partial charge in [0.2, 0.25) is 0 Å². The van der Waals surface area contributed by atoms with Crippen LogP contribution in [0.3, 0.4) is 0 Å². The van der Waals surface area contributed by atoms with Gasteiger partial charge in [0.05, 0.1) is 18.4 Å². The van der Waals surface area contributed by atoms with Crippen molar-refractivity contribution < 1.29 is 27.4 Å². The number of fused-ring (bicyclic) bond motifs is 1. The molecule has 0 aliphatic heterocycles. The number of halogens is 3. The normalized spacial score (nSPS) is 11.3. The van der Waals surface area contributed by atoms with Crippen LogP contribution in [0.15, 0.2) is 84.9 Å². The molecule has 0 saturated carbocycles. The summed E-state index contributed by atoms with van der Waals surface area (Å²) >= 11 is 0. The van der Waals surface area contributed by atoms with E-state index in [1.165, 1.54) is 31.4 Å². The van der Waals surface area contributed by atoms with Crippen molar-refractivity contribution >= 4 is 22.4 Å². The number of ether oxygens (including phenoxy) is 2. The van der Waals surface area contributed by atoms with Crippen molar-refractivity contribution in [3.05, 3.63) is 102 Å². The summed E-state index contributed by atoms with van der Waals surface area (Å²) in [6.07, 6.45) is -4.58. The molecule has 0 radical (unpaired) electrons. The molecule has 33 heavy (non-hydrogen) atoms. The second-order valence-corrected chi connectivity index (χ2v) is 7.32. The van der Waals surface area contributed by atoms with E-state index in [0.29, 0.717) is 17.1 Å². The van der Waals surface area contributed by atoms with Gasteiger partial charge < -0.3 is 14.8 Å².